The monoisotopic (exact) mass is 221 g/mol. The molecule has 0 aliphatic carbocycles. The Hall–Kier alpha value is 0.269. The fourth-order valence-electron chi connectivity index (χ4n) is 0.278. The second-order valence-electron chi connectivity index (χ2n) is 2.50. The summed E-state index contributed by atoms with van der Waals surface area (Å²) >= 11 is 0.812. The van der Waals surface area contributed by atoms with Crippen LogP contribution in [0.5, 0.6) is 0 Å². The number of ether oxygens (including phenoxy) is 1. The minimum absolute atomic E-state index is 0.135. The summed E-state index contributed by atoms with van der Waals surface area (Å²) in [6.07, 6.45) is 0. The fourth-order valence-corrected chi connectivity index (χ4v) is 1.15. The number of carbonyl (C=O) groups is 1. The van der Waals surface area contributed by atoms with Gasteiger partial charge in [0, 0.05) is 0 Å². The van der Waals surface area contributed by atoms with Crippen LogP contribution in [0.4, 0.5) is 4.79 Å². The van der Waals surface area contributed by atoms with Crippen LogP contribution in [0.15, 0.2) is 0 Å². The van der Waals surface area contributed by atoms with Gasteiger partial charge in [0.25, 0.3) is 0 Å². The van der Waals surface area contributed by atoms with Crippen LogP contribution in [0, 0.1) is 0 Å². The molecule has 0 bridgehead atoms. The van der Waals surface area contributed by atoms with Crippen LogP contribution in [-0.4, -0.2) is 32.1 Å². The molecule has 8 heavy (non-hydrogen) atoms. The molecule has 2 nitrogen and oxygen atoms in total. The molecule has 0 saturated heterocycles. The fraction of sp³-hybridized carbons (Fsp3) is 0.800. The topological polar surface area (TPSA) is 26.3 Å². The molecule has 0 spiro atoms. The molecule has 0 atom stereocenters. The molecule has 0 fully saturated rings. The zero-order valence-corrected chi connectivity index (χ0v) is 8.17. The van der Waals surface area contributed by atoms with Gasteiger partial charge < -0.3 is 0 Å². The van der Waals surface area contributed by atoms with E-state index in [0.29, 0.717) is 0 Å². The molecule has 45 valence electrons. The van der Waals surface area contributed by atoms with Gasteiger partial charge in [-0.3, -0.25) is 0 Å². The third kappa shape index (κ3) is 6.27. The molecule has 3 heteroatoms. The first kappa shape index (κ1) is 8.27. The summed E-state index contributed by atoms with van der Waals surface area (Å²) in [7, 11) is 0. The average Bonchev–Trinajstić information content (AvgIpc) is 1.21. The molecule has 0 heterocycles. The van der Waals surface area contributed by atoms with E-state index in [1.165, 1.54) is 0 Å². The summed E-state index contributed by atoms with van der Waals surface area (Å²) in [5.74, 6) is 0. The Morgan fingerprint density at radius 1 is 1.50 bits per heavy atom. The Balaban J connectivity index is 3.55. The molecule has 0 amide bonds. The molecule has 0 N–H and O–H groups in total. The average molecular weight is 220 g/mol. The zero-order valence-electron chi connectivity index (χ0n) is 5.32. The van der Waals surface area contributed by atoms with Gasteiger partial charge in [-0.25, -0.2) is 0 Å². The molecule has 0 rings (SSSR count). The number of carbonyl (C=O) groups excluding carboxylic acids is 1. The van der Waals surface area contributed by atoms with Crippen LogP contribution in [0.3, 0.4) is 0 Å². The summed E-state index contributed by atoms with van der Waals surface area (Å²) in [5, 5.41) is 0. The van der Waals surface area contributed by atoms with Crippen molar-refractivity contribution in [2.45, 2.75) is 26.4 Å². The van der Waals surface area contributed by atoms with Gasteiger partial charge in [0.2, 0.25) is 0 Å². The molecular formula is C5H9O2Sn. The van der Waals surface area contributed by atoms with E-state index >= 15 is 0 Å². The van der Waals surface area contributed by atoms with E-state index in [1.54, 1.807) is 0 Å². The van der Waals surface area contributed by atoms with Crippen LogP contribution in [0.25, 0.3) is 0 Å². The third-order valence-electron chi connectivity index (χ3n) is 0.399. The molecule has 0 aliphatic heterocycles. The number of rotatable bonds is 0. The summed E-state index contributed by atoms with van der Waals surface area (Å²) in [5.41, 5.74) is -0.305. The second kappa shape index (κ2) is 2.71. The van der Waals surface area contributed by atoms with Crippen molar-refractivity contribution in [3.8, 4) is 0 Å². The van der Waals surface area contributed by atoms with Gasteiger partial charge >= 0.3 is 62.4 Å². The van der Waals surface area contributed by atoms with Crippen molar-refractivity contribution in [3.05, 3.63) is 0 Å². The summed E-state index contributed by atoms with van der Waals surface area (Å²) in [6.45, 7) is 5.57. The Morgan fingerprint density at radius 2 is 1.88 bits per heavy atom. The molecule has 0 aromatic carbocycles. The maximum absolute atomic E-state index is 10.3. The Kier molecular flexibility index (Phi) is 2.80. The first-order chi connectivity index (χ1) is 3.42. The van der Waals surface area contributed by atoms with Crippen molar-refractivity contribution in [1.82, 2.24) is 0 Å². The molecule has 0 aromatic rings. The summed E-state index contributed by atoms with van der Waals surface area (Å²) < 4.78 is 4.70. The van der Waals surface area contributed by atoms with Crippen LogP contribution in [0.1, 0.15) is 20.8 Å². The van der Waals surface area contributed by atoms with Crippen LogP contribution < -0.4 is 0 Å². The predicted octanol–water partition coefficient (Wildman–Crippen LogP) is 1.09. The number of hydrogen-bond acceptors (Lipinski definition) is 2. The van der Waals surface area contributed by atoms with Gasteiger partial charge in [0.05, 0.1) is 0 Å². The van der Waals surface area contributed by atoms with Gasteiger partial charge in [0.1, 0.15) is 0 Å². The molecule has 0 aliphatic rings. The van der Waals surface area contributed by atoms with Crippen molar-refractivity contribution >= 4 is 26.5 Å². The quantitative estimate of drug-likeness (QED) is 0.571. The van der Waals surface area contributed by atoms with Crippen LogP contribution in [0.2, 0.25) is 0 Å². The van der Waals surface area contributed by atoms with Crippen LogP contribution >= 0.6 is 0 Å². The Bertz CT molecular complexity index is 93.1. The van der Waals surface area contributed by atoms with E-state index in [9.17, 15) is 4.79 Å². The van der Waals surface area contributed by atoms with E-state index in [4.69, 9.17) is 4.74 Å². The normalized spacial score (nSPS) is 11.0. The van der Waals surface area contributed by atoms with Gasteiger partial charge in [-0.15, -0.1) is 0 Å². The summed E-state index contributed by atoms with van der Waals surface area (Å²) in [4.78, 5) is 10.3. The molecular weight excluding hydrogens is 211 g/mol. The van der Waals surface area contributed by atoms with E-state index < -0.39 is 0 Å². The maximum atomic E-state index is 10.3. The number of hydrogen-bond donors (Lipinski definition) is 0. The van der Waals surface area contributed by atoms with Gasteiger partial charge in [0.15, 0.2) is 0 Å². The van der Waals surface area contributed by atoms with Crippen molar-refractivity contribution < 1.29 is 9.53 Å². The Morgan fingerprint density at radius 3 is 1.88 bits per heavy atom. The van der Waals surface area contributed by atoms with Crippen molar-refractivity contribution in [1.29, 1.82) is 0 Å². The molecule has 0 saturated carbocycles. The van der Waals surface area contributed by atoms with E-state index in [2.05, 4.69) is 0 Å². The van der Waals surface area contributed by atoms with E-state index in [1.807, 2.05) is 20.8 Å². The summed E-state index contributed by atoms with van der Waals surface area (Å²) in [6, 6.07) is 0. The van der Waals surface area contributed by atoms with Crippen molar-refractivity contribution in [2.24, 2.45) is 0 Å². The zero-order chi connectivity index (χ0) is 6.78. The SMILES string of the molecule is CC(C)(C)O[C](=O)[Sn]. The van der Waals surface area contributed by atoms with Crippen molar-refractivity contribution in [3.63, 3.8) is 0 Å². The van der Waals surface area contributed by atoms with Crippen LogP contribution in [-0.2, 0) is 4.74 Å². The van der Waals surface area contributed by atoms with E-state index in [0.717, 1.165) is 22.5 Å². The molecule has 3 radical (unpaired) electrons. The van der Waals surface area contributed by atoms with Gasteiger partial charge in [-0.2, -0.15) is 0 Å². The minimum atomic E-state index is -0.305. The van der Waals surface area contributed by atoms with Crippen molar-refractivity contribution in [2.75, 3.05) is 0 Å². The van der Waals surface area contributed by atoms with E-state index in [-0.39, 0.29) is 9.59 Å². The predicted molar refractivity (Wildman–Crippen MR) is 32.0 cm³/mol. The van der Waals surface area contributed by atoms with Gasteiger partial charge in [-0.1, -0.05) is 0 Å². The van der Waals surface area contributed by atoms with Gasteiger partial charge in [-0.05, 0) is 0 Å². The second-order valence-corrected chi connectivity index (χ2v) is 3.67. The first-order valence-corrected chi connectivity index (χ1v) is 3.79. The third-order valence-corrected chi connectivity index (χ3v) is 0.690. The molecule has 0 aromatic heterocycles. The first-order valence-electron chi connectivity index (χ1n) is 2.36. The molecule has 0 unspecified atom stereocenters. The Labute approximate surface area is 62.7 Å². The standard InChI is InChI=1S/C5H9O2.Sn/c1-5(2,3)7-4-6;/h1-3H3;.